The highest BCUT2D eigenvalue weighted by atomic mass is 79.9. The van der Waals surface area contributed by atoms with Crippen LogP contribution in [0.4, 0.5) is 4.79 Å². The Morgan fingerprint density at radius 1 is 1.32 bits per heavy atom. The van der Waals surface area contributed by atoms with Crippen LogP contribution in [0.5, 0.6) is 0 Å². The fourth-order valence-corrected chi connectivity index (χ4v) is 2.11. The summed E-state index contributed by atoms with van der Waals surface area (Å²) in [6.07, 6.45) is 0.429. The minimum atomic E-state index is -0.481. The monoisotopic (exact) mass is 327 g/mol. The van der Waals surface area contributed by atoms with Crippen LogP contribution in [-0.4, -0.2) is 16.5 Å². The number of halogens is 1. The van der Waals surface area contributed by atoms with Gasteiger partial charge in [-0.15, -0.1) is 0 Å². The van der Waals surface area contributed by atoms with E-state index in [4.69, 9.17) is 4.74 Å². The van der Waals surface area contributed by atoms with Gasteiger partial charge in [0.2, 0.25) is 0 Å². The van der Waals surface area contributed by atoms with Crippen LogP contribution in [0.3, 0.4) is 0 Å². The Morgan fingerprint density at radius 3 is 2.37 bits per heavy atom. The first-order valence-electron chi connectivity index (χ1n) is 6.46. The molecule has 0 spiro atoms. The maximum absolute atomic E-state index is 11.9. The Balaban J connectivity index is 2.73. The summed E-state index contributed by atoms with van der Waals surface area (Å²) in [5.41, 5.74) is 0.602. The van der Waals surface area contributed by atoms with Gasteiger partial charge in [0, 0.05) is 4.83 Å². The van der Waals surface area contributed by atoms with Crippen molar-refractivity contribution < 1.29 is 9.53 Å². The Bertz CT molecular complexity index is 398. The van der Waals surface area contributed by atoms with Gasteiger partial charge in [-0.1, -0.05) is 53.2 Å². The second-order valence-electron chi connectivity index (χ2n) is 5.63. The Labute approximate surface area is 123 Å². The van der Waals surface area contributed by atoms with Gasteiger partial charge < -0.3 is 10.1 Å². The third-order valence-corrected chi connectivity index (χ3v) is 2.83. The highest BCUT2D eigenvalue weighted by Crippen LogP contribution is 2.22. The molecule has 0 heterocycles. The second kappa shape index (κ2) is 6.94. The van der Waals surface area contributed by atoms with Crippen molar-refractivity contribution in [1.82, 2.24) is 5.32 Å². The first-order chi connectivity index (χ1) is 8.78. The standard InChI is InChI=1S/C15H22BrNO2/c1-11(16)10-13(12-8-6-5-7-9-12)17-14(18)19-15(2,3)4/h5-9,11,13H,10H2,1-4H3,(H,17,18). The summed E-state index contributed by atoms with van der Waals surface area (Å²) in [5, 5.41) is 2.93. The van der Waals surface area contributed by atoms with E-state index in [1.807, 2.05) is 51.1 Å². The molecule has 0 aliphatic rings. The number of carbonyl (C=O) groups excluding carboxylic acids is 1. The smallest absolute Gasteiger partial charge is 0.408 e. The number of hydrogen-bond acceptors (Lipinski definition) is 2. The third-order valence-electron chi connectivity index (χ3n) is 2.45. The zero-order valence-electron chi connectivity index (χ0n) is 11.9. The van der Waals surface area contributed by atoms with Gasteiger partial charge in [0.1, 0.15) is 5.60 Å². The molecule has 1 amide bonds. The lowest BCUT2D eigenvalue weighted by atomic mass is 10.0. The van der Waals surface area contributed by atoms with Gasteiger partial charge in [0.25, 0.3) is 0 Å². The molecule has 19 heavy (non-hydrogen) atoms. The number of rotatable bonds is 4. The van der Waals surface area contributed by atoms with Crippen molar-refractivity contribution in [3.63, 3.8) is 0 Å². The molecule has 1 aromatic carbocycles. The largest absolute Gasteiger partial charge is 0.444 e. The summed E-state index contributed by atoms with van der Waals surface area (Å²) >= 11 is 3.53. The SMILES string of the molecule is CC(Br)CC(NC(=O)OC(C)(C)C)c1ccccc1. The first-order valence-corrected chi connectivity index (χ1v) is 7.38. The van der Waals surface area contributed by atoms with Crippen LogP contribution < -0.4 is 5.32 Å². The molecular formula is C15H22BrNO2. The van der Waals surface area contributed by atoms with Crippen LogP contribution >= 0.6 is 15.9 Å². The van der Waals surface area contributed by atoms with Crippen molar-refractivity contribution in [1.29, 1.82) is 0 Å². The highest BCUT2D eigenvalue weighted by Gasteiger charge is 2.21. The average molecular weight is 328 g/mol. The van der Waals surface area contributed by atoms with E-state index in [0.717, 1.165) is 12.0 Å². The van der Waals surface area contributed by atoms with Crippen LogP contribution in [0.15, 0.2) is 30.3 Å². The molecule has 0 aliphatic heterocycles. The van der Waals surface area contributed by atoms with E-state index in [9.17, 15) is 4.79 Å². The van der Waals surface area contributed by atoms with E-state index in [1.165, 1.54) is 0 Å². The molecule has 0 aliphatic carbocycles. The van der Waals surface area contributed by atoms with Crippen LogP contribution in [0, 0.1) is 0 Å². The molecular weight excluding hydrogens is 306 g/mol. The number of alkyl halides is 1. The summed E-state index contributed by atoms with van der Waals surface area (Å²) in [7, 11) is 0. The molecule has 0 bridgehead atoms. The number of alkyl carbamates (subject to hydrolysis) is 1. The molecule has 1 N–H and O–H groups in total. The minimum Gasteiger partial charge on any atom is -0.444 e. The number of hydrogen-bond donors (Lipinski definition) is 1. The van der Waals surface area contributed by atoms with E-state index < -0.39 is 5.60 Å². The van der Waals surface area contributed by atoms with Gasteiger partial charge in [-0.05, 0) is 32.8 Å². The Morgan fingerprint density at radius 2 is 1.89 bits per heavy atom. The molecule has 4 heteroatoms. The fraction of sp³-hybridized carbons (Fsp3) is 0.533. The fourth-order valence-electron chi connectivity index (χ4n) is 1.74. The van der Waals surface area contributed by atoms with Gasteiger partial charge in [0.15, 0.2) is 0 Å². The molecule has 1 rings (SSSR count). The van der Waals surface area contributed by atoms with E-state index in [2.05, 4.69) is 28.2 Å². The molecule has 3 nitrogen and oxygen atoms in total. The minimum absolute atomic E-state index is 0.0505. The van der Waals surface area contributed by atoms with Gasteiger partial charge in [-0.3, -0.25) is 0 Å². The summed E-state index contributed by atoms with van der Waals surface area (Å²) in [6, 6.07) is 9.88. The molecule has 0 saturated heterocycles. The lowest BCUT2D eigenvalue weighted by molar-refractivity contribution is 0.0501. The highest BCUT2D eigenvalue weighted by molar-refractivity contribution is 9.09. The van der Waals surface area contributed by atoms with Crippen LogP contribution in [-0.2, 0) is 4.74 Å². The van der Waals surface area contributed by atoms with Crippen molar-refractivity contribution in [2.45, 2.75) is 50.6 Å². The van der Waals surface area contributed by atoms with Crippen molar-refractivity contribution >= 4 is 22.0 Å². The summed E-state index contributed by atoms with van der Waals surface area (Å²) in [4.78, 5) is 12.2. The molecule has 2 unspecified atom stereocenters. The van der Waals surface area contributed by atoms with Gasteiger partial charge in [-0.25, -0.2) is 4.79 Å². The molecule has 1 aromatic rings. The molecule has 0 aromatic heterocycles. The van der Waals surface area contributed by atoms with Gasteiger partial charge >= 0.3 is 6.09 Å². The Hall–Kier alpha value is -1.03. The van der Waals surface area contributed by atoms with E-state index in [0.29, 0.717) is 4.83 Å². The lowest BCUT2D eigenvalue weighted by Gasteiger charge is -2.24. The van der Waals surface area contributed by atoms with Crippen LogP contribution in [0.2, 0.25) is 0 Å². The topological polar surface area (TPSA) is 38.3 Å². The number of benzene rings is 1. The van der Waals surface area contributed by atoms with Crippen LogP contribution in [0.1, 0.15) is 45.7 Å². The maximum atomic E-state index is 11.9. The van der Waals surface area contributed by atoms with Crippen molar-refractivity contribution in [2.24, 2.45) is 0 Å². The van der Waals surface area contributed by atoms with Crippen molar-refractivity contribution in [2.75, 3.05) is 0 Å². The molecule has 0 radical (unpaired) electrons. The quantitative estimate of drug-likeness (QED) is 0.831. The number of carbonyl (C=O) groups is 1. The average Bonchev–Trinajstić information content (AvgIpc) is 2.26. The van der Waals surface area contributed by atoms with E-state index in [1.54, 1.807) is 0 Å². The first kappa shape index (κ1) is 16.0. The third kappa shape index (κ3) is 6.62. The zero-order chi connectivity index (χ0) is 14.5. The van der Waals surface area contributed by atoms with Gasteiger partial charge in [0.05, 0.1) is 6.04 Å². The van der Waals surface area contributed by atoms with E-state index in [-0.39, 0.29) is 12.1 Å². The maximum Gasteiger partial charge on any atom is 0.408 e. The predicted octanol–water partition coefficient (Wildman–Crippen LogP) is 4.43. The summed E-state index contributed by atoms with van der Waals surface area (Å²) < 4.78 is 5.31. The molecule has 0 fully saturated rings. The van der Waals surface area contributed by atoms with Crippen molar-refractivity contribution in [3.05, 3.63) is 35.9 Å². The molecule has 2 atom stereocenters. The second-order valence-corrected chi connectivity index (χ2v) is 7.19. The zero-order valence-corrected chi connectivity index (χ0v) is 13.5. The molecule has 0 saturated carbocycles. The lowest BCUT2D eigenvalue weighted by Crippen LogP contribution is -2.35. The summed E-state index contributed by atoms with van der Waals surface area (Å²) in [6.45, 7) is 7.64. The normalized spacial score (nSPS) is 14.6. The van der Waals surface area contributed by atoms with Gasteiger partial charge in [-0.2, -0.15) is 0 Å². The van der Waals surface area contributed by atoms with Crippen molar-refractivity contribution in [3.8, 4) is 0 Å². The summed E-state index contributed by atoms with van der Waals surface area (Å²) in [5.74, 6) is 0. The molecule has 106 valence electrons. The Kier molecular flexibility index (Phi) is 5.85. The number of ether oxygens (including phenoxy) is 1. The predicted molar refractivity (Wildman–Crippen MR) is 81.6 cm³/mol. The number of amides is 1. The van der Waals surface area contributed by atoms with Crippen LogP contribution in [0.25, 0.3) is 0 Å². The van der Waals surface area contributed by atoms with E-state index >= 15 is 0 Å². The number of nitrogens with one attached hydrogen (secondary N) is 1.